The van der Waals surface area contributed by atoms with E-state index in [1.165, 1.54) is 14.2 Å². The van der Waals surface area contributed by atoms with Gasteiger partial charge in [0.1, 0.15) is 23.9 Å². The molecule has 0 unspecified atom stereocenters. The normalized spacial score (nSPS) is 18.7. The van der Waals surface area contributed by atoms with E-state index < -0.39 is 24.4 Å². The fourth-order valence-electron chi connectivity index (χ4n) is 8.23. The fourth-order valence-corrected chi connectivity index (χ4v) is 8.23. The van der Waals surface area contributed by atoms with Crippen molar-refractivity contribution in [3.05, 3.63) is 72.4 Å². The Bertz CT molecular complexity index is 2320. The van der Waals surface area contributed by atoms with Gasteiger partial charge in [-0.05, 0) is 90.1 Å². The van der Waals surface area contributed by atoms with Gasteiger partial charge in [0.15, 0.2) is 0 Å². The van der Waals surface area contributed by atoms with Gasteiger partial charge in [-0.25, -0.2) is 24.4 Å². The summed E-state index contributed by atoms with van der Waals surface area (Å²) in [6.45, 7) is 9.11. The van der Waals surface area contributed by atoms with Gasteiger partial charge in [-0.15, -0.1) is 0 Å². The third-order valence-electron chi connectivity index (χ3n) is 12.1. The highest BCUT2D eigenvalue weighted by molar-refractivity contribution is 5.92. The lowest BCUT2D eigenvalue weighted by Crippen LogP contribution is -2.55. The Balaban J connectivity index is 1.05. The SMILES string of the molecule is CC[C@@H](C)[C@H](NC(=O)OC)NC(=O)N1CCC[C@H]1c1nc2ccc(-c3ccc4cc(-c5cnc([C@@H]6CCCN6C(=O)[C@@H](NC(=O)OC)[C@H](C)CC)[nH]5)ccc4c3)cc2[nH]1. The lowest BCUT2D eigenvalue weighted by molar-refractivity contribution is -0.135. The molecular weight excluding hydrogens is 751 g/mol. The topological polar surface area (TPSA) is 187 Å². The number of alkyl carbamates (subject to hydrolysis) is 2. The molecule has 6 atom stereocenters. The molecule has 2 fully saturated rings. The molecule has 0 spiro atoms. The first-order valence-corrected chi connectivity index (χ1v) is 20.7. The molecule has 15 nitrogen and oxygen atoms in total. The Morgan fingerprint density at radius 1 is 0.746 bits per heavy atom. The maximum atomic E-state index is 13.8. The minimum absolute atomic E-state index is 0.00634. The molecule has 2 aliphatic heterocycles. The van der Waals surface area contributed by atoms with E-state index in [1.54, 1.807) is 4.90 Å². The number of aromatic amines is 2. The molecule has 4 heterocycles. The van der Waals surface area contributed by atoms with Crippen molar-refractivity contribution >= 4 is 45.9 Å². The molecule has 0 radical (unpaired) electrons. The van der Waals surface area contributed by atoms with Crippen molar-refractivity contribution in [1.82, 2.24) is 45.7 Å². The molecule has 5 amide bonds. The van der Waals surface area contributed by atoms with Crippen LogP contribution in [0.2, 0.25) is 0 Å². The largest absolute Gasteiger partial charge is 0.453 e. The molecule has 0 saturated carbocycles. The van der Waals surface area contributed by atoms with Gasteiger partial charge < -0.3 is 45.2 Å². The number of likely N-dealkylation sites (tertiary alicyclic amines) is 2. The third-order valence-corrected chi connectivity index (χ3v) is 12.1. The first kappa shape index (κ1) is 41.1. The van der Waals surface area contributed by atoms with Crippen LogP contribution in [0.1, 0.15) is 90.0 Å². The Hall–Kier alpha value is -6.12. The second kappa shape index (κ2) is 17.8. The van der Waals surface area contributed by atoms with Crippen LogP contribution in [0.25, 0.3) is 44.2 Å². The van der Waals surface area contributed by atoms with Crippen LogP contribution in [-0.2, 0) is 14.3 Å². The maximum Gasteiger partial charge on any atom is 0.408 e. The van der Waals surface area contributed by atoms with Crippen molar-refractivity contribution in [2.75, 3.05) is 27.3 Å². The number of carbonyl (C=O) groups excluding carboxylic acids is 4. The number of rotatable bonds is 12. The lowest BCUT2D eigenvalue weighted by atomic mass is 9.97. The van der Waals surface area contributed by atoms with Crippen molar-refractivity contribution in [2.24, 2.45) is 11.8 Å². The van der Waals surface area contributed by atoms with Gasteiger partial charge in [0.05, 0.1) is 49.2 Å². The number of methoxy groups -OCH3 is 2. The monoisotopic (exact) mass is 805 g/mol. The van der Waals surface area contributed by atoms with Crippen LogP contribution in [0.3, 0.4) is 0 Å². The van der Waals surface area contributed by atoms with Crippen molar-refractivity contribution in [1.29, 1.82) is 0 Å². The molecule has 5 N–H and O–H groups in total. The molecule has 0 bridgehead atoms. The number of nitrogens with zero attached hydrogens (tertiary/aromatic N) is 4. The number of hydrogen-bond donors (Lipinski definition) is 5. The minimum Gasteiger partial charge on any atom is -0.453 e. The molecule has 15 heteroatoms. The van der Waals surface area contributed by atoms with E-state index in [-0.39, 0.29) is 35.9 Å². The zero-order chi connectivity index (χ0) is 41.8. The molecule has 5 aromatic rings. The lowest BCUT2D eigenvalue weighted by Gasteiger charge is -2.30. The molecule has 3 aromatic carbocycles. The van der Waals surface area contributed by atoms with Crippen molar-refractivity contribution < 1.29 is 28.7 Å². The van der Waals surface area contributed by atoms with Gasteiger partial charge in [-0.1, -0.05) is 64.4 Å². The number of urea groups is 1. The summed E-state index contributed by atoms with van der Waals surface area (Å²) in [5.41, 5.74) is 5.66. The number of amides is 5. The number of benzene rings is 3. The van der Waals surface area contributed by atoms with Crippen molar-refractivity contribution in [2.45, 2.75) is 90.5 Å². The van der Waals surface area contributed by atoms with E-state index in [1.807, 2.05) is 44.9 Å². The van der Waals surface area contributed by atoms with Crippen LogP contribution in [0.4, 0.5) is 14.4 Å². The average Bonchev–Trinajstić information content (AvgIpc) is 4.10. The predicted octanol–water partition coefficient (Wildman–Crippen LogP) is 7.78. The number of ether oxygens (including phenoxy) is 2. The number of nitrogens with one attached hydrogen (secondary N) is 5. The highest BCUT2D eigenvalue weighted by atomic mass is 16.5. The Kier molecular flexibility index (Phi) is 12.4. The van der Waals surface area contributed by atoms with E-state index in [2.05, 4.69) is 74.4 Å². The van der Waals surface area contributed by atoms with E-state index in [4.69, 9.17) is 19.4 Å². The van der Waals surface area contributed by atoms with E-state index in [0.717, 1.165) is 94.4 Å². The fraction of sp³-hybridized carbons (Fsp3) is 0.455. The van der Waals surface area contributed by atoms with Gasteiger partial charge in [-0.2, -0.15) is 0 Å². The minimum atomic E-state index is -0.678. The summed E-state index contributed by atoms with van der Waals surface area (Å²) in [6.07, 6.45) is 4.80. The Morgan fingerprint density at radius 3 is 2.05 bits per heavy atom. The molecule has 0 aliphatic carbocycles. The molecule has 2 saturated heterocycles. The van der Waals surface area contributed by atoms with Crippen LogP contribution in [-0.4, -0.2) is 93.4 Å². The first-order chi connectivity index (χ1) is 28.5. The molecule has 7 rings (SSSR count). The molecule has 2 aromatic heterocycles. The molecular formula is C44H55N9O6. The number of fused-ring (bicyclic) bond motifs is 2. The standard InChI is InChI=1S/C44H55N9O6/c1-7-25(3)37(49-43(56)58-5)41(54)52-19-9-11-35(52)39-45-24-34(48-39)31-16-15-27-21-28(13-14-29(27)22-31)30-17-18-32-33(23-30)47-40(46-32)36-12-10-20-53(36)42(55)50-38(26(4)8-2)51-44(57)59-6/h13-18,21-26,35-38H,7-12,19-20H2,1-6H3,(H,45,48)(H,46,47)(H,49,56)(H,50,55)(H,51,57)/t25-,26-,35+,36+,37+,38+/m1/s1. The van der Waals surface area contributed by atoms with Crippen LogP contribution in [0, 0.1) is 11.8 Å². The van der Waals surface area contributed by atoms with Gasteiger partial charge in [0.25, 0.3) is 0 Å². The number of aromatic nitrogens is 4. The number of imidazole rings is 2. The van der Waals surface area contributed by atoms with E-state index >= 15 is 0 Å². The molecule has 2 aliphatic rings. The Labute approximate surface area is 344 Å². The number of carbonyl (C=O) groups is 4. The highest BCUT2D eigenvalue weighted by Gasteiger charge is 2.38. The predicted molar refractivity (Wildman–Crippen MR) is 225 cm³/mol. The first-order valence-electron chi connectivity index (χ1n) is 20.7. The number of H-pyrrole nitrogens is 2. The van der Waals surface area contributed by atoms with Crippen molar-refractivity contribution in [3.63, 3.8) is 0 Å². The zero-order valence-electron chi connectivity index (χ0n) is 34.6. The second-order valence-electron chi connectivity index (χ2n) is 15.8. The van der Waals surface area contributed by atoms with Gasteiger partial charge in [-0.3, -0.25) is 4.79 Å². The summed E-state index contributed by atoms with van der Waals surface area (Å²) in [4.78, 5) is 71.6. The third kappa shape index (κ3) is 8.69. The maximum absolute atomic E-state index is 13.8. The average molecular weight is 806 g/mol. The van der Waals surface area contributed by atoms with Crippen LogP contribution < -0.4 is 16.0 Å². The summed E-state index contributed by atoms with van der Waals surface area (Å²) < 4.78 is 9.60. The number of hydrogen-bond acceptors (Lipinski definition) is 8. The Morgan fingerprint density at radius 2 is 1.36 bits per heavy atom. The summed E-state index contributed by atoms with van der Waals surface area (Å²) in [6, 6.07) is 17.5. The van der Waals surface area contributed by atoms with Gasteiger partial charge in [0, 0.05) is 18.7 Å². The van der Waals surface area contributed by atoms with Crippen LogP contribution in [0.5, 0.6) is 0 Å². The quantitative estimate of drug-likeness (QED) is 0.0791. The summed E-state index contributed by atoms with van der Waals surface area (Å²) in [5, 5.41) is 10.7. The molecule has 312 valence electrons. The smallest absolute Gasteiger partial charge is 0.408 e. The van der Waals surface area contributed by atoms with Gasteiger partial charge in [0.2, 0.25) is 5.91 Å². The summed E-state index contributed by atoms with van der Waals surface area (Å²) in [5.74, 6) is 1.29. The molecule has 59 heavy (non-hydrogen) atoms. The summed E-state index contributed by atoms with van der Waals surface area (Å²) in [7, 11) is 2.61. The van der Waals surface area contributed by atoms with Crippen LogP contribution in [0.15, 0.2) is 60.8 Å². The van der Waals surface area contributed by atoms with Crippen LogP contribution >= 0.6 is 0 Å². The van der Waals surface area contributed by atoms with E-state index in [9.17, 15) is 19.2 Å². The highest BCUT2D eigenvalue weighted by Crippen LogP contribution is 2.36. The van der Waals surface area contributed by atoms with E-state index in [0.29, 0.717) is 13.1 Å². The van der Waals surface area contributed by atoms with Crippen molar-refractivity contribution in [3.8, 4) is 22.4 Å². The van der Waals surface area contributed by atoms with Gasteiger partial charge >= 0.3 is 18.2 Å². The zero-order valence-corrected chi connectivity index (χ0v) is 34.6. The second-order valence-corrected chi connectivity index (χ2v) is 15.8. The summed E-state index contributed by atoms with van der Waals surface area (Å²) >= 11 is 0.